The lowest BCUT2D eigenvalue weighted by Crippen LogP contribution is -2.37. The Morgan fingerprint density at radius 2 is 1.77 bits per heavy atom. The van der Waals surface area contributed by atoms with Crippen molar-refractivity contribution in [2.75, 3.05) is 47.4 Å². The molecule has 0 bridgehead atoms. The number of amides is 1. The van der Waals surface area contributed by atoms with Crippen molar-refractivity contribution in [2.24, 2.45) is 0 Å². The molecule has 0 saturated heterocycles. The predicted octanol–water partition coefficient (Wildman–Crippen LogP) is 1.69. The van der Waals surface area contributed by atoms with Crippen LogP contribution in [0.25, 0.3) is 0 Å². The van der Waals surface area contributed by atoms with E-state index in [-0.39, 0.29) is 19.1 Å². The van der Waals surface area contributed by atoms with Crippen molar-refractivity contribution in [1.82, 2.24) is 5.32 Å². The maximum absolute atomic E-state index is 11.6. The van der Waals surface area contributed by atoms with Gasteiger partial charge in [-0.25, -0.2) is 4.57 Å². The van der Waals surface area contributed by atoms with Gasteiger partial charge >= 0.3 is 7.82 Å². The van der Waals surface area contributed by atoms with E-state index < -0.39 is 7.82 Å². The number of hydrogen-bond donors (Lipinski definition) is 2. The Balaban J connectivity index is 3.63. The monoisotopic (exact) mass is 337 g/mol. The highest BCUT2D eigenvalue weighted by molar-refractivity contribution is 7.47. The Hall–Kier alpha value is -0.720. The van der Waals surface area contributed by atoms with Gasteiger partial charge in [-0.2, -0.15) is 0 Å². The molecule has 0 spiro atoms. The normalized spacial score (nSPS) is 14.4. The molecule has 7 nitrogen and oxygen atoms in total. The predicted molar refractivity (Wildman–Crippen MR) is 86.3 cm³/mol. The Labute approximate surface area is 133 Å². The third-order valence-corrected chi connectivity index (χ3v) is 3.78. The van der Waals surface area contributed by atoms with Crippen LogP contribution < -0.4 is 5.32 Å². The zero-order chi connectivity index (χ0) is 17.2. The van der Waals surface area contributed by atoms with E-state index in [1.54, 1.807) is 6.92 Å². The maximum Gasteiger partial charge on any atom is 0.472 e. The van der Waals surface area contributed by atoms with Crippen molar-refractivity contribution in [3.05, 3.63) is 12.2 Å². The summed E-state index contributed by atoms with van der Waals surface area (Å²) >= 11 is 0. The average Bonchev–Trinajstić information content (AvgIpc) is 2.35. The fourth-order valence-electron chi connectivity index (χ4n) is 1.40. The molecule has 0 aliphatic rings. The van der Waals surface area contributed by atoms with Gasteiger partial charge in [0.05, 0.1) is 27.7 Å². The smallest absolute Gasteiger partial charge is 0.352 e. The highest BCUT2D eigenvalue weighted by Crippen LogP contribution is 2.43. The number of likely N-dealkylation sites (N-methyl/N-ethyl adjacent to an activating group) is 1. The maximum atomic E-state index is 11.6. The van der Waals surface area contributed by atoms with Gasteiger partial charge in [-0.1, -0.05) is 6.58 Å². The molecule has 1 unspecified atom stereocenters. The van der Waals surface area contributed by atoms with Crippen LogP contribution in [-0.2, 0) is 18.4 Å². The fraction of sp³-hybridized carbons (Fsp3) is 0.786. The minimum absolute atomic E-state index is 0.151. The van der Waals surface area contributed by atoms with Gasteiger partial charge in [0.25, 0.3) is 0 Å². The van der Waals surface area contributed by atoms with E-state index in [9.17, 15) is 14.3 Å². The lowest BCUT2D eigenvalue weighted by molar-refractivity contribution is -0.870. The van der Waals surface area contributed by atoms with Crippen molar-refractivity contribution >= 4 is 13.7 Å². The fourth-order valence-corrected chi connectivity index (χ4v) is 2.15. The van der Waals surface area contributed by atoms with Gasteiger partial charge < -0.3 is 14.7 Å². The summed E-state index contributed by atoms with van der Waals surface area (Å²) in [5, 5.41) is 2.72. The zero-order valence-corrected chi connectivity index (χ0v) is 15.0. The number of phosphoric ester groups is 1. The molecule has 22 heavy (non-hydrogen) atoms. The topological polar surface area (TPSA) is 84.9 Å². The summed E-state index contributed by atoms with van der Waals surface area (Å²) in [6.45, 7) is 6.71. The molecule has 0 aliphatic carbocycles. The van der Waals surface area contributed by atoms with Crippen LogP contribution in [0.15, 0.2) is 12.2 Å². The van der Waals surface area contributed by atoms with Crippen LogP contribution in [0, 0.1) is 0 Å². The van der Waals surface area contributed by atoms with Gasteiger partial charge in [-0.15, -0.1) is 0 Å². The summed E-state index contributed by atoms with van der Waals surface area (Å²) in [4.78, 5) is 20.7. The van der Waals surface area contributed by atoms with Crippen LogP contribution in [0.5, 0.6) is 0 Å². The van der Waals surface area contributed by atoms with Crippen molar-refractivity contribution < 1.29 is 27.8 Å². The number of carbonyl (C=O) groups is 1. The van der Waals surface area contributed by atoms with E-state index in [1.807, 2.05) is 21.1 Å². The van der Waals surface area contributed by atoms with Crippen molar-refractivity contribution in [3.63, 3.8) is 0 Å². The lowest BCUT2D eigenvalue weighted by Gasteiger charge is -2.24. The number of nitrogens with zero attached hydrogens (tertiary/aromatic N) is 1. The Morgan fingerprint density at radius 3 is 2.32 bits per heavy atom. The highest BCUT2D eigenvalue weighted by Gasteiger charge is 2.21. The second-order valence-electron chi connectivity index (χ2n) is 6.25. The van der Waals surface area contributed by atoms with Gasteiger partial charge in [0.2, 0.25) is 5.91 Å². The molecule has 1 atom stereocenters. The zero-order valence-electron chi connectivity index (χ0n) is 14.1. The summed E-state index contributed by atoms with van der Waals surface area (Å²) in [5.74, 6) is -0.151. The SMILES string of the molecule is C=C(C)C(=O)NCCCCCOP(=O)(O)OCC[N+](C)(C)C. The summed E-state index contributed by atoms with van der Waals surface area (Å²) in [7, 11) is 1.96. The molecule has 1 amide bonds. The lowest BCUT2D eigenvalue weighted by atomic mass is 10.2. The van der Waals surface area contributed by atoms with Crippen molar-refractivity contribution in [3.8, 4) is 0 Å². The Bertz CT molecular complexity index is 407. The van der Waals surface area contributed by atoms with E-state index in [0.717, 1.165) is 12.8 Å². The number of nitrogens with one attached hydrogen (secondary N) is 1. The van der Waals surface area contributed by atoms with E-state index in [2.05, 4.69) is 11.9 Å². The molecule has 0 radical (unpaired) electrons. The summed E-state index contributed by atoms with van der Waals surface area (Å²) < 4.78 is 22.0. The standard InChI is InChI=1S/C14H29N2O5P/c1-13(2)14(17)15-9-7-6-8-11-20-22(18,19)21-12-10-16(3,4)5/h1,6-12H2,2-5H3,(H-,15,17,18,19)/p+1. The van der Waals surface area contributed by atoms with E-state index >= 15 is 0 Å². The van der Waals surface area contributed by atoms with E-state index in [1.165, 1.54) is 0 Å². The molecule has 0 rings (SSSR count). The van der Waals surface area contributed by atoms with E-state index in [0.29, 0.717) is 29.6 Å². The number of unbranched alkanes of at least 4 members (excludes halogenated alkanes) is 2. The summed E-state index contributed by atoms with van der Waals surface area (Å²) in [6.07, 6.45) is 2.20. The van der Waals surface area contributed by atoms with E-state index in [4.69, 9.17) is 9.05 Å². The molecule has 130 valence electrons. The summed E-state index contributed by atoms with van der Waals surface area (Å²) in [5.41, 5.74) is 0.482. The molecular formula is C14H30N2O5P+. The van der Waals surface area contributed by atoms with Gasteiger partial charge in [-0.3, -0.25) is 13.8 Å². The van der Waals surface area contributed by atoms with Crippen LogP contribution >= 0.6 is 7.82 Å². The van der Waals surface area contributed by atoms with Crippen LogP contribution in [0.3, 0.4) is 0 Å². The largest absolute Gasteiger partial charge is 0.472 e. The third-order valence-electron chi connectivity index (χ3n) is 2.77. The molecule has 0 fully saturated rings. The van der Waals surface area contributed by atoms with Crippen LogP contribution in [-0.4, -0.2) is 62.7 Å². The molecule has 0 saturated carbocycles. The number of phosphoric acid groups is 1. The number of hydrogen-bond acceptors (Lipinski definition) is 4. The molecule has 0 heterocycles. The van der Waals surface area contributed by atoms with Crippen LogP contribution in [0.2, 0.25) is 0 Å². The third kappa shape index (κ3) is 13.0. The average molecular weight is 337 g/mol. The molecule has 2 N–H and O–H groups in total. The minimum atomic E-state index is -3.95. The Morgan fingerprint density at radius 1 is 1.18 bits per heavy atom. The van der Waals surface area contributed by atoms with Gasteiger partial charge in [0, 0.05) is 12.1 Å². The van der Waals surface area contributed by atoms with Gasteiger partial charge in [-0.05, 0) is 26.2 Å². The number of carbonyl (C=O) groups excluding carboxylic acids is 1. The molecule has 8 heteroatoms. The second-order valence-corrected chi connectivity index (χ2v) is 7.70. The second kappa shape index (κ2) is 10.1. The first-order chi connectivity index (χ1) is 10.0. The van der Waals surface area contributed by atoms with Crippen LogP contribution in [0.1, 0.15) is 26.2 Å². The van der Waals surface area contributed by atoms with Gasteiger partial charge in [0.15, 0.2) is 0 Å². The number of quaternary nitrogens is 1. The first kappa shape index (κ1) is 21.3. The quantitative estimate of drug-likeness (QED) is 0.245. The first-order valence-corrected chi connectivity index (χ1v) is 8.89. The van der Waals surface area contributed by atoms with Crippen molar-refractivity contribution in [1.29, 1.82) is 0 Å². The molecule has 0 aromatic carbocycles. The molecule has 0 aromatic heterocycles. The molecular weight excluding hydrogens is 307 g/mol. The molecule has 0 aliphatic heterocycles. The minimum Gasteiger partial charge on any atom is -0.352 e. The van der Waals surface area contributed by atoms with Gasteiger partial charge in [0.1, 0.15) is 13.2 Å². The summed E-state index contributed by atoms with van der Waals surface area (Å²) in [6, 6.07) is 0. The molecule has 0 aromatic rings. The first-order valence-electron chi connectivity index (χ1n) is 7.39. The van der Waals surface area contributed by atoms with Crippen LogP contribution in [0.4, 0.5) is 0 Å². The number of rotatable bonds is 12. The Kier molecular flexibility index (Phi) is 9.80. The highest BCUT2D eigenvalue weighted by atomic mass is 31.2. The van der Waals surface area contributed by atoms with Crippen molar-refractivity contribution in [2.45, 2.75) is 26.2 Å².